The third kappa shape index (κ3) is 2.51. The maximum Gasteiger partial charge on any atom is 0.103 e. The first-order valence-electron chi connectivity index (χ1n) is 5.49. The van der Waals surface area contributed by atoms with Crippen LogP contribution in [0.25, 0.3) is 0 Å². The van der Waals surface area contributed by atoms with E-state index in [2.05, 4.69) is 4.90 Å². The van der Waals surface area contributed by atoms with Crippen molar-refractivity contribution in [1.82, 2.24) is 0 Å². The van der Waals surface area contributed by atoms with Gasteiger partial charge < -0.3 is 15.7 Å². The molecule has 2 rings (SSSR count). The van der Waals surface area contributed by atoms with Gasteiger partial charge in [-0.05, 0) is 37.1 Å². The number of aliphatic hydroxyl groups is 1. The molecule has 0 aromatic heterocycles. The van der Waals surface area contributed by atoms with E-state index in [4.69, 9.17) is 23.1 Å². The molecular weight excluding hydrogens is 220 g/mol. The third-order valence-corrected chi connectivity index (χ3v) is 3.05. The molecule has 1 saturated carbocycles. The second-order valence-corrected chi connectivity index (χ2v) is 4.50. The molecule has 0 aliphatic heterocycles. The number of hydrogen-bond donors (Lipinski definition) is 2. The zero-order valence-electron chi connectivity index (χ0n) is 9.10. The van der Waals surface area contributed by atoms with E-state index < -0.39 is 0 Å². The van der Waals surface area contributed by atoms with Crippen LogP contribution in [0.5, 0.6) is 0 Å². The predicted octanol–water partition coefficient (Wildman–Crippen LogP) is 1.28. The van der Waals surface area contributed by atoms with Crippen molar-refractivity contribution in [3.63, 3.8) is 0 Å². The van der Waals surface area contributed by atoms with Gasteiger partial charge in [0.25, 0.3) is 0 Å². The molecule has 0 amide bonds. The van der Waals surface area contributed by atoms with Gasteiger partial charge in [0, 0.05) is 23.8 Å². The van der Waals surface area contributed by atoms with Crippen LogP contribution in [0.1, 0.15) is 18.4 Å². The summed E-state index contributed by atoms with van der Waals surface area (Å²) in [6.45, 7) is 0.880. The van der Waals surface area contributed by atoms with Gasteiger partial charge in [0.15, 0.2) is 0 Å². The molecule has 1 aliphatic carbocycles. The Kier molecular flexibility index (Phi) is 3.41. The lowest BCUT2D eigenvalue weighted by Crippen LogP contribution is -2.28. The zero-order chi connectivity index (χ0) is 11.5. The van der Waals surface area contributed by atoms with Crippen LogP contribution in [0.4, 0.5) is 5.69 Å². The van der Waals surface area contributed by atoms with Crippen LogP contribution >= 0.6 is 12.2 Å². The van der Waals surface area contributed by atoms with Gasteiger partial charge in [-0.1, -0.05) is 12.2 Å². The summed E-state index contributed by atoms with van der Waals surface area (Å²) in [6.07, 6.45) is 2.44. The molecule has 0 unspecified atom stereocenters. The molecule has 1 aromatic carbocycles. The lowest BCUT2D eigenvalue weighted by molar-refractivity contribution is 0.301. The lowest BCUT2D eigenvalue weighted by Gasteiger charge is -2.23. The molecule has 3 nitrogen and oxygen atoms in total. The molecule has 0 heterocycles. The molecule has 1 fully saturated rings. The monoisotopic (exact) mass is 236 g/mol. The Morgan fingerprint density at radius 1 is 1.38 bits per heavy atom. The highest BCUT2D eigenvalue weighted by Crippen LogP contribution is 2.31. The second kappa shape index (κ2) is 4.80. The first-order chi connectivity index (χ1) is 7.72. The van der Waals surface area contributed by atoms with Crippen molar-refractivity contribution in [3.05, 3.63) is 29.8 Å². The minimum atomic E-state index is 0.188. The van der Waals surface area contributed by atoms with Crippen LogP contribution in [-0.4, -0.2) is 29.3 Å². The molecule has 16 heavy (non-hydrogen) atoms. The van der Waals surface area contributed by atoms with Crippen molar-refractivity contribution in [3.8, 4) is 0 Å². The molecular formula is C12H16N2OS. The summed E-state index contributed by atoms with van der Waals surface area (Å²) < 4.78 is 0. The molecule has 0 bridgehead atoms. The number of anilines is 1. The molecule has 0 atom stereocenters. The minimum Gasteiger partial charge on any atom is -0.395 e. The van der Waals surface area contributed by atoms with E-state index in [0.717, 1.165) is 11.3 Å². The first kappa shape index (κ1) is 11.4. The van der Waals surface area contributed by atoms with Crippen molar-refractivity contribution < 1.29 is 5.11 Å². The second-order valence-electron chi connectivity index (χ2n) is 4.06. The zero-order valence-corrected chi connectivity index (χ0v) is 9.91. The molecule has 1 aromatic rings. The minimum absolute atomic E-state index is 0.188. The topological polar surface area (TPSA) is 49.5 Å². The largest absolute Gasteiger partial charge is 0.395 e. The molecule has 3 N–H and O–H groups in total. The van der Waals surface area contributed by atoms with Gasteiger partial charge in [-0.25, -0.2) is 0 Å². The number of hydrogen-bond acceptors (Lipinski definition) is 3. The Morgan fingerprint density at radius 2 is 2.00 bits per heavy atom. The molecule has 86 valence electrons. The fourth-order valence-electron chi connectivity index (χ4n) is 1.83. The van der Waals surface area contributed by atoms with Crippen LogP contribution in [0, 0.1) is 0 Å². The quantitative estimate of drug-likeness (QED) is 0.756. The summed E-state index contributed by atoms with van der Waals surface area (Å²) in [5.74, 6) is 0. The number of thiocarbonyl (C=S) groups is 1. The highest BCUT2D eigenvalue weighted by atomic mass is 32.1. The summed E-state index contributed by atoms with van der Waals surface area (Å²) in [4.78, 5) is 2.66. The molecule has 0 radical (unpaired) electrons. The normalized spacial score (nSPS) is 14.8. The molecule has 1 aliphatic rings. The van der Waals surface area contributed by atoms with E-state index in [1.54, 1.807) is 0 Å². The van der Waals surface area contributed by atoms with Gasteiger partial charge in [0.2, 0.25) is 0 Å². The molecule has 4 heteroatoms. The van der Waals surface area contributed by atoms with Crippen LogP contribution in [0.15, 0.2) is 24.3 Å². The Morgan fingerprint density at radius 3 is 2.44 bits per heavy atom. The van der Waals surface area contributed by atoms with Gasteiger partial charge in [0.05, 0.1) is 6.61 Å². The van der Waals surface area contributed by atoms with Crippen molar-refractivity contribution in [1.29, 1.82) is 0 Å². The van der Waals surface area contributed by atoms with Crippen molar-refractivity contribution in [2.45, 2.75) is 18.9 Å². The Hall–Kier alpha value is -1.13. The van der Waals surface area contributed by atoms with E-state index in [1.807, 2.05) is 24.3 Å². The molecule has 0 saturated heterocycles. The van der Waals surface area contributed by atoms with E-state index >= 15 is 0 Å². The Balaban J connectivity index is 2.14. The smallest absolute Gasteiger partial charge is 0.103 e. The fraction of sp³-hybridized carbons (Fsp3) is 0.417. The summed E-state index contributed by atoms with van der Waals surface area (Å²) in [7, 11) is 0. The molecule has 0 spiro atoms. The number of rotatable bonds is 5. The summed E-state index contributed by atoms with van der Waals surface area (Å²) >= 11 is 4.91. The van der Waals surface area contributed by atoms with Crippen molar-refractivity contribution >= 4 is 22.9 Å². The predicted molar refractivity (Wildman–Crippen MR) is 69.8 cm³/mol. The standard InChI is InChI=1S/C12H16N2OS/c13-12(16)9-1-3-10(4-2-9)14(7-8-15)11-5-6-11/h1-4,11,15H,5-8H2,(H2,13,16). The first-order valence-corrected chi connectivity index (χ1v) is 5.90. The van der Waals surface area contributed by atoms with Gasteiger partial charge in [-0.15, -0.1) is 0 Å². The van der Waals surface area contributed by atoms with Gasteiger partial charge in [-0.3, -0.25) is 0 Å². The SMILES string of the molecule is NC(=S)c1ccc(N(CCO)C2CC2)cc1. The van der Waals surface area contributed by atoms with Crippen LogP contribution in [0.2, 0.25) is 0 Å². The lowest BCUT2D eigenvalue weighted by atomic mass is 10.2. The highest BCUT2D eigenvalue weighted by molar-refractivity contribution is 7.80. The van der Waals surface area contributed by atoms with Gasteiger partial charge in [-0.2, -0.15) is 0 Å². The van der Waals surface area contributed by atoms with Crippen molar-refractivity contribution in [2.24, 2.45) is 5.73 Å². The summed E-state index contributed by atoms with van der Waals surface area (Å²) in [5, 5.41) is 9.04. The van der Waals surface area contributed by atoms with Crippen LogP contribution < -0.4 is 10.6 Å². The average molecular weight is 236 g/mol. The number of nitrogens with zero attached hydrogens (tertiary/aromatic N) is 1. The fourth-order valence-corrected chi connectivity index (χ4v) is 1.97. The van der Waals surface area contributed by atoms with Crippen molar-refractivity contribution in [2.75, 3.05) is 18.1 Å². The van der Waals surface area contributed by atoms with E-state index in [-0.39, 0.29) is 6.61 Å². The third-order valence-electron chi connectivity index (χ3n) is 2.81. The highest BCUT2D eigenvalue weighted by Gasteiger charge is 2.28. The Bertz CT molecular complexity index is 373. The number of aliphatic hydroxyl groups excluding tert-OH is 1. The Labute approximate surface area is 101 Å². The van der Waals surface area contributed by atoms with E-state index in [0.29, 0.717) is 17.6 Å². The van der Waals surface area contributed by atoms with E-state index in [9.17, 15) is 0 Å². The van der Waals surface area contributed by atoms with Gasteiger partial charge in [0.1, 0.15) is 4.99 Å². The van der Waals surface area contributed by atoms with E-state index in [1.165, 1.54) is 12.8 Å². The van der Waals surface area contributed by atoms with Gasteiger partial charge >= 0.3 is 0 Å². The number of nitrogens with two attached hydrogens (primary N) is 1. The maximum absolute atomic E-state index is 9.04. The van der Waals surface area contributed by atoms with Crippen LogP contribution in [0.3, 0.4) is 0 Å². The summed E-state index contributed by atoms with van der Waals surface area (Å²) in [5.41, 5.74) is 7.57. The maximum atomic E-state index is 9.04. The number of benzene rings is 1. The van der Waals surface area contributed by atoms with Crippen LogP contribution in [-0.2, 0) is 0 Å². The summed E-state index contributed by atoms with van der Waals surface area (Å²) in [6, 6.07) is 8.50. The average Bonchev–Trinajstić information content (AvgIpc) is 3.10.